The van der Waals surface area contributed by atoms with Gasteiger partial charge in [-0.3, -0.25) is 9.78 Å². The maximum Gasteiger partial charge on any atom is 0.407 e. The molecule has 264 valence electrons. The van der Waals surface area contributed by atoms with Crippen molar-refractivity contribution in [1.29, 1.82) is 0 Å². The van der Waals surface area contributed by atoms with Crippen molar-refractivity contribution in [1.82, 2.24) is 15.6 Å². The summed E-state index contributed by atoms with van der Waals surface area (Å²) in [5.74, 6) is -0.274. The van der Waals surface area contributed by atoms with Gasteiger partial charge >= 0.3 is 6.09 Å². The molecule has 50 heavy (non-hydrogen) atoms. The summed E-state index contributed by atoms with van der Waals surface area (Å²) in [6.45, 7) is 6.41. The van der Waals surface area contributed by atoms with E-state index in [9.17, 15) is 19.8 Å². The van der Waals surface area contributed by atoms with Crippen molar-refractivity contribution in [3.05, 3.63) is 126 Å². The van der Waals surface area contributed by atoms with E-state index < -0.39 is 41.9 Å². The fourth-order valence-corrected chi connectivity index (χ4v) is 6.21. The van der Waals surface area contributed by atoms with Crippen LogP contribution in [0.15, 0.2) is 103 Å². The monoisotopic (exact) mass is 680 g/mol. The zero-order valence-electron chi connectivity index (χ0n) is 28.9. The van der Waals surface area contributed by atoms with Gasteiger partial charge in [-0.1, -0.05) is 66.7 Å². The summed E-state index contributed by atoms with van der Waals surface area (Å²) in [6, 6.07) is 27.3. The predicted molar refractivity (Wildman–Crippen MR) is 193 cm³/mol. The van der Waals surface area contributed by atoms with E-state index in [4.69, 9.17) is 9.47 Å². The second kappa shape index (κ2) is 17.1. The molecule has 3 aromatic carbocycles. The average Bonchev–Trinajstić information content (AvgIpc) is 3.41. The first-order valence-electron chi connectivity index (χ1n) is 17.2. The highest BCUT2D eigenvalue weighted by Gasteiger charge is 2.35. The van der Waals surface area contributed by atoms with Crippen LogP contribution in [0.5, 0.6) is 5.75 Å². The Kier molecular flexibility index (Phi) is 12.5. The third-order valence-corrected chi connectivity index (χ3v) is 8.65. The van der Waals surface area contributed by atoms with Gasteiger partial charge in [0.25, 0.3) is 0 Å². The molecular formula is C40H48N4O6. The minimum atomic E-state index is -1.09. The van der Waals surface area contributed by atoms with Crippen LogP contribution in [0, 0.1) is 5.92 Å². The van der Waals surface area contributed by atoms with E-state index in [2.05, 4.69) is 20.9 Å². The molecule has 5 atom stereocenters. The fraction of sp³-hybridized carbons (Fsp3) is 0.375. The number of aliphatic hydroxyl groups is 2. The number of carbonyl (C=O) groups is 2. The summed E-state index contributed by atoms with van der Waals surface area (Å²) in [6.07, 6.45) is 2.13. The van der Waals surface area contributed by atoms with E-state index in [0.717, 1.165) is 27.9 Å². The Bertz CT molecular complexity index is 1660. The molecule has 1 aliphatic rings. The second-order valence-electron chi connectivity index (χ2n) is 13.8. The van der Waals surface area contributed by atoms with Crippen LogP contribution in [0.3, 0.4) is 0 Å². The van der Waals surface area contributed by atoms with E-state index in [1.165, 1.54) is 0 Å². The lowest BCUT2D eigenvalue weighted by molar-refractivity contribution is -0.127. The number of carbonyl (C=O) groups excluding carboxylic acids is 2. The number of benzene rings is 3. The third-order valence-electron chi connectivity index (χ3n) is 8.65. The number of alkyl carbamates (subject to hydrolysis) is 1. The van der Waals surface area contributed by atoms with Crippen molar-refractivity contribution in [2.24, 2.45) is 5.92 Å². The zero-order chi connectivity index (χ0) is 35.5. The molecule has 1 aromatic heterocycles. The zero-order valence-corrected chi connectivity index (χ0v) is 28.9. The summed E-state index contributed by atoms with van der Waals surface area (Å²) < 4.78 is 11.4. The molecule has 5 rings (SSSR count). The predicted octanol–water partition coefficient (Wildman–Crippen LogP) is 5.39. The van der Waals surface area contributed by atoms with Crippen molar-refractivity contribution in [2.75, 3.05) is 18.5 Å². The lowest BCUT2D eigenvalue weighted by atomic mass is 9.88. The summed E-state index contributed by atoms with van der Waals surface area (Å²) in [5, 5.41) is 31.8. The first-order chi connectivity index (χ1) is 24.0. The van der Waals surface area contributed by atoms with Crippen molar-refractivity contribution in [3.63, 3.8) is 0 Å². The van der Waals surface area contributed by atoms with Crippen LogP contribution in [0.25, 0.3) is 0 Å². The fourth-order valence-electron chi connectivity index (χ4n) is 6.21. The second-order valence-corrected chi connectivity index (χ2v) is 13.8. The molecule has 0 saturated heterocycles. The Morgan fingerprint density at radius 1 is 0.900 bits per heavy atom. The van der Waals surface area contributed by atoms with Crippen LogP contribution in [-0.2, 0) is 28.8 Å². The maximum atomic E-state index is 14.1. The molecule has 0 aliphatic heterocycles. The molecule has 0 radical (unpaired) electrons. The average molecular weight is 681 g/mol. The molecule has 0 bridgehead atoms. The topological polar surface area (TPSA) is 142 Å². The van der Waals surface area contributed by atoms with Gasteiger partial charge in [0.2, 0.25) is 5.91 Å². The number of nitrogens with zero attached hydrogens (tertiary/aromatic N) is 1. The highest BCUT2D eigenvalue weighted by atomic mass is 16.6. The first-order valence-corrected chi connectivity index (χ1v) is 17.2. The maximum absolute atomic E-state index is 14.1. The SMILES string of the molecule is CC(C)(C)OC(=O)NC(Cc1ccccc1)C(O)CC(Cc1ccc(OCCNc2ccncc2)cc1)C(=O)N[C@H]1c2ccccc2C[C@@H]1O. The lowest BCUT2D eigenvalue weighted by Crippen LogP contribution is -2.48. The Morgan fingerprint density at radius 3 is 2.30 bits per heavy atom. The number of rotatable bonds is 15. The van der Waals surface area contributed by atoms with E-state index in [1.54, 1.807) is 33.2 Å². The van der Waals surface area contributed by atoms with Gasteiger partial charge in [-0.2, -0.15) is 0 Å². The Labute approximate surface area is 294 Å². The highest BCUT2D eigenvalue weighted by Crippen LogP contribution is 2.32. The van der Waals surface area contributed by atoms with Crippen LogP contribution in [0.2, 0.25) is 0 Å². The molecule has 10 heteroatoms. The molecule has 1 aliphatic carbocycles. The lowest BCUT2D eigenvalue weighted by Gasteiger charge is -2.29. The molecule has 1 heterocycles. The first kappa shape index (κ1) is 36.4. The van der Waals surface area contributed by atoms with E-state index in [-0.39, 0.29) is 12.3 Å². The smallest absolute Gasteiger partial charge is 0.407 e. The minimum absolute atomic E-state index is 0.0581. The van der Waals surface area contributed by atoms with E-state index >= 15 is 0 Å². The number of amides is 2. The number of fused-ring (bicyclic) bond motifs is 1. The highest BCUT2D eigenvalue weighted by molar-refractivity contribution is 5.80. The summed E-state index contributed by atoms with van der Waals surface area (Å²) in [5.41, 5.74) is 3.93. The van der Waals surface area contributed by atoms with Crippen LogP contribution in [-0.4, -0.2) is 64.2 Å². The van der Waals surface area contributed by atoms with Gasteiger partial charge in [-0.25, -0.2) is 4.79 Å². The quantitative estimate of drug-likeness (QED) is 0.105. The van der Waals surface area contributed by atoms with Gasteiger partial charge in [0, 0.05) is 37.0 Å². The van der Waals surface area contributed by atoms with Gasteiger partial charge in [-0.05, 0) is 86.6 Å². The number of nitrogens with one attached hydrogen (secondary N) is 3. The number of ether oxygens (including phenoxy) is 2. The number of hydrogen-bond donors (Lipinski definition) is 5. The van der Waals surface area contributed by atoms with Gasteiger partial charge in [0.15, 0.2) is 0 Å². The largest absolute Gasteiger partial charge is 0.492 e. The Balaban J connectivity index is 1.30. The van der Waals surface area contributed by atoms with E-state index in [0.29, 0.717) is 38.2 Å². The van der Waals surface area contributed by atoms with Gasteiger partial charge in [0.1, 0.15) is 18.0 Å². The van der Waals surface area contributed by atoms with Crippen molar-refractivity contribution in [2.45, 2.75) is 76.3 Å². The summed E-state index contributed by atoms with van der Waals surface area (Å²) in [4.78, 5) is 31.0. The van der Waals surface area contributed by atoms with Gasteiger partial charge in [-0.15, -0.1) is 0 Å². The summed E-state index contributed by atoms with van der Waals surface area (Å²) >= 11 is 0. The number of aromatic nitrogens is 1. The number of aliphatic hydroxyl groups excluding tert-OH is 2. The normalized spacial score (nSPS) is 17.1. The molecule has 10 nitrogen and oxygen atoms in total. The molecule has 2 amide bonds. The standard InChI is InChI=1S/C40H48N4O6/c1-40(2,3)50-39(48)43-34(24-27-9-5-4-6-10-27)35(45)26-30(38(47)44-37-33-12-8-7-11-29(33)25-36(37)46)23-28-13-15-32(16-14-28)49-22-21-42-31-17-19-41-20-18-31/h4-20,30,34-37,45-46H,21-26H2,1-3H3,(H,41,42)(H,43,48)(H,44,47)/t30?,34?,35?,36-,37-/m0/s1. The molecule has 0 spiro atoms. The van der Waals surface area contributed by atoms with Crippen LogP contribution >= 0.6 is 0 Å². The summed E-state index contributed by atoms with van der Waals surface area (Å²) in [7, 11) is 0. The number of hydrogen-bond acceptors (Lipinski definition) is 8. The number of pyridine rings is 1. The molecule has 4 aromatic rings. The molecule has 5 N–H and O–H groups in total. The third kappa shape index (κ3) is 10.8. The molecule has 0 saturated carbocycles. The molecule has 0 fully saturated rings. The Morgan fingerprint density at radius 2 is 1.58 bits per heavy atom. The van der Waals surface area contributed by atoms with Gasteiger partial charge < -0.3 is 35.6 Å². The molecular weight excluding hydrogens is 632 g/mol. The minimum Gasteiger partial charge on any atom is -0.492 e. The Hall–Kier alpha value is -4.93. The van der Waals surface area contributed by atoms with Crippen molar-refractivity contribution >= 4 is 17.7 Å². The van der Waals surface area contributed by atoms with E-state index in [1.807, 2.05) is 91.0 Å². The molecule has 3 unspecified atom stereocenters. The van der Waals surface area contributed by atoms with Crippen molar-refractivity contribution in [3.8, 4) is 5.75 Å². The van der Waals surface area contributed by atoms with Crippen molar-refractivity contribution < 1.29 is 29.3 Å². The van der Waals surface area contributed by atoms with Crippen LogP contribution in [0.4, 0.5) is 10.5 Å². The van der Waals surface area contributed by atoms with Gasteiger partial charge in [0.05, 0.1) is 24.3 Å². The van der Waals surface area contributed by atoms with Crippen LogP contribution < -0.4 is 20.7 Å². The van der Waals surface area contributed by atoms with Crippen LogP contribution in [0.1, 0.15) is 55.5 Å². The number of anilines is 1.